The Morgan fingerprint density at radius 1 is 0.962 bits per heavy atom. The van der Waals surface area contributed by atoms with Crippen molar-refractivity contribution in [3.05, 3.63) is 42.0 Å². The Labute approximate surface area is 151 Å². The molecular weight excluding hydrogens is 338 g/mol. The number of ketones is 1. The summed E-state index contributed by atoms with van der Waals surface area (Å²) >= 11 is 0. The predicted octanol–water partition coefficient (Wildman–Crippen LogP) is 2.93. The lowest BCUT2D eigenvalue weighted by Gasteiger charge is -2.14. The zero-order valence-corrected chi connectivity index (χ0v) is 15.1. The minimum absolute atomic E-state index is 0.0719. The van der Waals surface area contributed by atoms with E-state index in [1.807, 2.05) is 0 Å². The van der Waals surface area contributed by atoms with Crippen molar-refractivity contribution in [1.29, 1.82) is 0 Å². The molecule has 2 aromatic rings. The highest BCUT2D eigenvalue weighted by Crippen LogP contribution is 2.39. The van der Waals surface area contributed by atoms with Crippen molar-refractivity contribution in [2.75, 3.05) is 33.3 Å². The highest BCUT2D eigenvalue weighted by molar-refractivity contribution is 5.94. The van der Waals surface area contributed by atoms with Gasteiger partial charge in [0.05, 0.1) is 21.3 Å². The second-order valence-corrected chi connectivity index (χ2v) is 5.33. The summed E-state index contributed by atoms with van der Waals surface area (Å²) in [7, 11) is 4.49. The summed E-state index contributed by atoms with van der Waals surface area (Å²) in [5.41, 5.74) is 0.998. The van der Waals surface area contributed by atoms with Crippen LogP contribution < -0.4 is 24.3 Å². The number of nitrogens with one attached hydrogen (secondary N) is 1. The molecule has 0 saturated carbocycles. The molecule has 1 N–H and O–H groups in total. The quantitative estimate of drug-likeness (QED) is 0.730. The van der Waals surface area contributed by atoms with Crippen LogP contribution in [-0.4, -0.2) is 39.6 Å². The van der Waals surface area contributed by atoms with E-state index in [1.54, 1.807) is 36.4 Å². The van der Waals surface area contributed by atoms with Crippen molar-refractivity contribution in [3.63, 3.8) is 0 Å². The van der Waals surface area contributed by atoms with Crippen LogP contribution in [0.3, 0.4) is 0 Å². The SMILES string of the molecule is COc1cc(NC(=O)COc2cccc(C(C)=O)c2)cc(OC)c1OC. The van der Waals surface area contributed by atoms with E-state index < -0.39 is 0 Å². The summed E-state index contributed by atoms with van der Waals surface area (Å²) in [5, 5.41) is 2.70. The lowest BCUT2D eigenvalue weighted by atomic mass is 10.1. The number of rotatable bonds is 8. The van der Waals surface area contributed by atoms with Gasteiger partial charge in [0.25, 0.3) is 5.91 Å². The average Bonchev–Trinajstić information content (AvgIpc) is 2.65. The number of carbonyl (C=O) groups excluding carboxylic acids is 2. The van der Waals surface area contributed by atoms with E-state index in [0.717, 1.165) is 0 Å². The summed E-state index contributed by atoms with van der Waals surface area (Å²) in [6.45, 7) is 1.26. The molecule has 2 rings (SSSR count). The van der Waals surface area contributed by atoms with Gasteiger partial charge in [0.1, 0.15) is 5.75 Å². The van der Waals surface area contributed by atoms with Crippen LogP contribution in [0, 0.1) is 0 Å². The van der Waals surface area contributed by atoms with Gasteiger partial charge in [-0.25, -0.2) is 0 Å². The Bertz CT molecular complexity index is 777. The number of Topliss-reactive ketones (excluding diaryl/α,β-unsaturated/α-hetero) is 1. The molecule has 7 heteroatoms. The fourth-order valence-corrected chi connectivity index (χ4v) is 2.30. The third-order valence-electron chi connectivity index (χ3n) is 3.56. The van der Waals surface area contributed by atoms with Gasteiger partial charge in [0.15, 0.2) is 23.9 Å². The van der Waals surface area contributed by atoms with Gasteiger partial charge >= 0.3 is 0 Å². The predicted molar refractivity (Wildman–Crippen MR) is 96.7 cm³/mol. The number of amides is 1. The van der Waals surface area contributed by atoms with Gasteiger partial charge in [-0.3, -0.25) is 9.59 Å². The number of ether oxygens (including phenoxy) is 4. The molecule has 0 unspecified atom stereocenters. The first kappa shape index (κ1) is 19.1. The van der Waals surface area contributed by atoms with Gasteiger partial charge < -0.3 is 24.3 Å². The van der Waals surface area contributed by atoms with Gasteiger partial charge in [0, 0.05) is 23.4 Å². The zero-order chi connectivity index (χ0) is 19.1. The molecule has 1 amide bonds. The number of benzene rings is 2. The van der Waals surface area contributed by atoms with Gasteiger partial charge in [-0.2, -0.15) is 0 Å². The first-order valence-corrected chi connectivity index (χ1v) is 7.82. The molecule has 0 aromatic heterocycles. The first-order valence-electron chi connectivity index (χ1n) is 7.82. The standard InChI is InChI=1S/C19H21NO6/c1-12(21)13-6-5-7-15(8-13)26-11-18(22)20-14-9-16(23-2)19(25-4)17(10-14)24-3/h5-10H,11H2,1-4H3,(H,20,22). The van der Waals surface area contributed by atoms with Crippen molar-refractivity contribution in [1.82, 2.24) is 0 Å². The molecule has 0 aliphatic heterocycles. The molecule has 138 valence electrons. The summed E-state index contributed by atoms with van der Waals surface area (Å²) in [6.07, 6.45) is 0. The van der Waals surface area contributed by atoms with Crippen molar-refractivity contribution in [2.45, 2.75) is 6.92 Å². The Balaban J connectivity index is 2.06. The monoisotopic (exact) mass is 359 g/mol. The van der Waals surface area contributed by atoms with Crippen LogP contribution in [0.5, 0.6) is 23.0 Å². The Kier molecular flexibility index (Phi) is 6.43. The molecule has 0 radical (unpaired) electrons. The second kappa shape index (κ2) is 8.75. The van der Waals surface area contributed by atoms with E-state index in [-0.39, 0.29) is 18.3 Å². The number of carbonyl (C=O) groups is 2. The lowest BCUT2D eigenvalue weighted by molar-refractivity contribution is -0.118. The minimum Gasteiger partial charge on any atom is -0.493 e. The van der Waals surface area contributed by atoms with Gasteiger partial charge in [-0.15, -0.1) is 0 Å². The summed E-state index contributed by atoms with van der Waals surface area (Å²) in [6, 6.07) is 9.90. The van der Waals surface area contributed by atoms with Crippen LogP contribution in [0.4, 0.5) is 5.69 Å². The van der Waals surface area contributed by atoms with Crippen LogP contribution in [0.2, 0.25) is 0 Å². The van der Waals surface area contributed by atoms with Gasteiger partial charge in [-0.1, -0.05) is 12.1 Å². The van der Waals surface area contributed by atoms with Crippen LogP contribution in [0.15, 0.2) is 36.4 Å². The number of anilines is 1. The minimum atomic E-state index is -0.368. The molecule has 0 heterocycles. The van der Waals surface area contributed by atoms with Crippen LogP contribution in [-0.2, 0) is 4.79 Å². The van der Waals surface area contributed by atoms with Crippen molar-refractivity contribution >= 4 is 17.4 Å². The molecule has 2 aromatic carbocycles. The first-order chi connectivity index (χ1) is 12.5. The molecule has 0 aliphatic rings. The molecular formula is C19H21NO6. The molecule has 0 fully saturated rings. The zero-order valence-electron chi connectivity index (χ0n) is 15.1. The van der Waals surface area contributed by atoms with Crippen molar-refractivity contribution in [3.8, 4) is 23.0 Å². The van der Waals surface area contributed by atoms with E-state index in [9.17, 15) is 9.59 Å². The maximum absolute atomic E-state index is 12.1. The number of methoxy groups -OCH3 is 3. The largest absolute Gasteiger partial charge is 0.493 e. The number of hydrogen-bond donors (Lipinski definition) is 1. The summed E-state index contributed by atoms with van der Waals surface area (Å²) < 4.78 is 21.2. The fourth-order valence-electron chi connectivity index (χ4n) is 2.30. The maximum Gasteiger partial charge on any atom is 0.262 e. The molecule has 7 nitrogen and oxygen atoms in total. The maximum atomic E-state index is 12.1. The average molecular weight is 359 g/mol. The van der Waals surface area contributed by atoms with Gasteiger partial charge in [-0.05, 0) is 19.1 Å². The van der Waals surface area contributed by atoms with Crippen LogP contribution >= 0.6 is 0 Å². The van der Waals surface area contributed by atoms with Crippen LogP contribution in [0.25, 0.3) is 0 Å². The molecule has 26 heavy (non-hydrogen) atoms. The van der Waals surface area contributed by atoms with Gasteiger partial charge in [0.2, 0.25) is 5.75 Å². The van der Waals surface area contributed by atoms with E-state index in [0.29, 0.717) is 34.2 Å². The topological polar surface area (TPSA) is 83.1 Å². The normalized spacial score (nSPS) is 10.0. The van der Waals surface area contributed by atoms with Crippen molar-refractivity contribution < 1.29 is 28.5 Å². The Hall–Kier alpha value is -3.22. The summed E-state index contributed by atoms with van der Waals surface area (Å²) in [4.78, 5) is 23.5. The van der Waals surface area contributed by atoms with Crippen molar-refractivity contribution in [2.24, 2.45) is 0 Å². The van der Waals surface area contributed by atoms with E-state index in [4.69, 9.17) is 18.9 Å². The smallest absolute Gasteiger partial charge is 0.262 e. The lowest BCUT2D eigenvalue weighted by Crippen LogP contribution is -2.20. The molecule has 0 atom stereocenters. The molecule has 0 aliphatic carbocycles. The second-order valence-electron chi connectivity index (χ2n) is 5.33. The summed E-state index contributed by atoms with van der Waals surface area (Å²) in [5.74, 6) is 1.29. The van der Waals surface area contributed by atoms with E-state index >= 15 is 0 Å². The highest BCUT2D eigenvalue weighted by atomic mass is 16.5. The molecule has 0 saturated heterocycles. The Morgan fingerprint density at radius 2 is 1.62 bits per heavy atom. The molecule has 0 bridgehead atoms. The van der Waals surface area contributed by atoms with E-state index in [1.165, 1.54) is 28.3 Å². The third-order valence-corrected chi connectivity index (χ3v) is 3.56. The Morgan fingerprint density at radius 3 is 2.15 bits per heavy atom. The highest BCUT2D eigenvalue weighted by Gasteiger charge is 2.14. The third kappa shape index (κ3) is 4.66. The van der Waals surface area contributed by atoms with Crippen LogP contribution in [0.1, 0.15) is 17.3 Å². The number of hydrogen-bond acceptors (Lipinski definition) is 6. The molecule has 0 spiro atoms. The van der Waals surface area contributed by atoms with E-state index in [2.05, 4.69) is 5.32 Å². The fraction of sp³-hybridized carbons (Fsp3) is 0.263.